The number of nitrogens with zero attached hydrogens (tertiary/aromatic N) is 3. The lowest BCUT2D eigenvalue weighted by Crippen LogP contribution is -2.39. The van der Waals surface area contributed by atoms with Crippen LogP contribution in [0.5, 0.6) is 0 Å². The Kier molecular flexibility index (Phi) is 8.25. The molecular weight excluding hydrogens is 430 g/mol. The zero-order valence-electron chi connectivity index (χ0n) is 17.9. The first kappa shape index (κ1) is 24.2. The molecule has 0 N–H and O–H groups in total. The second-order valence-corrected chi connectivity index (χ2v) is 7.55. The van der Waals surface area contributed by atoms with Gasteiger partial charge < -0.3 is 18.9 Å². The van der Waals surface area contributed by atoms with Crippen molar-refractivity contribution in [3.63, 3.8) is 0 Å². The van der Waals surface area contributed by atoms with E-state index in [0.717, 1.165) is 5.82 Å². The number of carbonyl (C=O) groups is 1. The molecule has 3 rings (SSSR count). The molecule has 2 aromatic rings. The summed E-state index contributed by atoms with van der Waals surface area (Å²) < 4.78 is 65.7. The van der Waals surface area contributed by atoms with Crippen LogP contribution < -0.4 is 0 Å². The summed E-state index contributed by atoms with van der Waals surface area (Å²) in [7, 11) is 0. The van der Waals surface area contributed by atoms with E-state index in [9.17, 15) is 22.4 Å². The summed E-state index contributed by atoms with van der Waals surface area (Å²) in [6.45, 7) is 5.42. The van der Waals surface area contributed by atoms with Gasteiger partial charge in [-0.2, -0.15) is 13.2 Å². The van der Waals surface area contributed by atoms with Crippen molar-refractivity contribution in [1.29, 1.82) is 0 Å². The van der Waals surface area contributed by atoms with Gasteiger partial charge in [-0.3, -0.25) is 4.79 Å². The third-order valence-corrected chi connectivity index (χ3v) is 5.47. The molecule has 1 aromatic carbocycles. The molecule has 1 saturated heterocycles. The van der Waals surface area contributed by atoms with E-state index >= 15 is 0 Å². The van der Waals surface area contributed by atoms with Crippen molar-refractivity contribution in [2.24, 2.45) is 0 Å². The number of carbonyl (C=O) groups excluding carboxylic acids is 1. The Hall–Kier alpha value is -2.46. The number of piperidine rings is 1. The lowest BCUT2D eigenvalue weighted by atomic mass is 9.95. The van der Waals surface area contributed by atoms with E-state index in [0.29, 0.717) is 77.1 Å². The first-order valence-corrected chi connectivity index (χ1v) is 10.6. The van der Waals surface area contributed by atoms with Crippen LogP contribution in [0.1, 0.15) is 47.4 Å². The number of benzene rings is 1. The molecule has 0 bridgehead atoms. The number of halogens is 4. The van der Waals surface area contributed by atoms with Crippen molar-refractivity contribution in [2.45, 2.75) is 38.4 Å². The van der Waals surface area contributed by atoms with E-state index in [2.05, 4.69) is 4.98 Å². The van der Waals surface area contributed by atoms with Gasteiger partial charge in [-0.05, 0) is 38.0 Å². The average molecular weight is 457 g/mol. The summed E-state index contributed by atoms with van der Waals surface area (Å²) in [5.74, 6) is -0.692. The highest BCUT2D eigenvalue weighted by atomic mass is 19.4. The van der Waals surface area contributed by atoms with Crippen LogP contribution in [-0.2, 0) is 22.2 Å². The van der Waals surface area contributed by atoms with Crippen LogP contribution >= 0.6 is 0 Å². The number of hydrogen-bond acceptors (Lipinski definition) is 4. The Labute approximate surface area is 184 Å². The van der Waals surface area contributed by atoms with Gasteiger partial charge in [-0.25, -0.2) is 9.37 Å². The number of aromatic nitrogens is 2. The van der Waals surface area contributed by atoms with Crippen LogP contribution in [0.4, 0.5) is 17.6 Å². The van der Waals surface area contributed by atoms with Crippen molar-refractivity contribution in [3.05, 3.63) is 53.4 Å². The monoisotopic (exact) mass is 457 g/mol. The van der Waals surface area contributed by atoms with Crippen LogP contribution in [0.25, 0.3) is 0 Å². The van der Waals surface area contributed by atoms with Gasteiger partial charge in [-0.1, -0.05) is 0 Å². The first-order chi connectivity index (χ1) is 15.3. The molecule has 1 aliphatic heterocycles. The largest absolute Gasteiger partial charge is 0.416 e. The summed E-state index contributed by atoms with van der Waals surface area (Å²) in [4.78, 5) is 18.5. The first-order valence-electron chi connectivity index (χ1n) is 10.6. The van der Waals surface area contributed by atoms with Crippen molar-refractivity contribution < 1.29 is 31.8 Å². The molecule has 0 saturated carbocycles. The Bertz CT molecular complexity index is 893. The molecule has 0 unspecified atom stereocenters. The predicted molar refractivity (Wildman–Crippen MR) is 109 cm³/mol. The van der Waals surface area contributed by atoms with Crippen molar-refractivity contribution in [2.75, 3.05) is 39.5 Å². The molecule has 1 aliphatic rings. The van der Waals surface area contributed by atoms with Gasteiger partial charge in [0, 0.05) is 44.6 Å². The van der Waals surface area contributed by atoms with E-state index in [1.165, 1.54) is 4.90 Å². The normalized spacial score (nSPS) is 15.3. The fourth-order valence-electron chi connectivity index (χ4n) is 3.77. The lowest BCUT2D eigenvalue weighted by Gasteiger charge is -2.32. The molecule has 0 radical (unpaired) electrons. The van der Waals surface area contributed by atoms with Crippen LogP contribution in [-0.4, -0.2) is 59.9 Å². The minimum atomic E-state index is -4.64. The van der Waals surface area contributed by atoms with E-state index in [4.69, 9.17) is 9.47 Å². The number of likely N-dealkylation sites (tertiary alicyclic amines) is 1. The summed E-state index contributed by atoms with van der Waals surface area (Å²) in [6.07, 6.45) is 0.129. The van der Waals surface area contributed by atoms with Gasteiger partial charge in [0.2, 0.25) is 0 Å². The SMILES string of the molecule is CCOCCOCCn1ccnc1C1CCN(C(=O)c2cc(C(F)(F)F)ccc2F)CC1. The lowest BCUT2D eigenvalue weighted by molar-refractivity contribution is -0.137. The maximum Gasteiger partial charge on any atom is 0.416 e. The molecular formula is C22H27F4N3O3. The van der Waals surface area contributed by atoms with Gasteiger partial charge in [0.25, 0.3) is 5.91 Å². The summed E-state index contributed by atoms with van der Waals surface area (Å²) in [5.41, 5.74) is -1.59. The quantitative estimate of drug-likeness (QED) is 0.420. The molecule has 176 valence electrons. The maximum atomic E-state index is 14.1. The zero-order chi connectivity index (χ0) is 23.1. The Balaban J connectivity index is 1.56. The van der Waals surface area contributed by atoms with Gasteiger partial charge in [-0.15, -0.1) is 0 Å². The topological polar surface area (TPSA) is 56.6 Å². The van der Waals surface area contributed by atoms with Crippen molar-refractivity contribution in [1.82, 2.24) is 14.5 Å². The van der Waals surface area contributed by atoms with Gasteiger partial charge in [0.1, 0.15) is 11.6 Å². The molecule has 10 heteroatoms. The third kappa shape index (κ3) is 6.07. The minimum Gasteiger partial charge on any atom is -0.379 e. The fraction of sp³-hybridized carbons (Fsp3) is 0.545. The van der Waals surface area contributed by atoms with Gasteiger partial charge in [0.05, 0.1) is 30.9 Å². The van der Waals surface area contributed by atoms with E-state index in [1.807, 2.05) is 17.7 Å². The molecule has 1 fully saturated rings. The van der Waals surface area contributed by atoms with Crippen LogP contribution in [0.2, 0.25) is 0 Å². The third-order valence-electron chi connectivity index (χ3n) is 5.47. The number of imidazole rings is 1. The van der Waals surface area contributed by atoms with Crippen molar-refractivity contribution in [3.8, 4) is 0 Å². The molecule has 6 nitrogen and oxygen atoms in total. The highest BCUT2D eigenvalue weighted by Gasteiger charge is 2.33. The number of alkyl halides is 3. The van der Waals surface area contributed by atoms with E-state index < -0.39 is 29.0 Å². The molecule has 32 heavy (non-hydrogen) atoms. The van der Waals surface area contributed by atoms with Crippen LogP contribution in [0.3, 0.4) is 0 Å². The highest BCUT2D eigenvalue weighted by molar-refractivity contribution is 5.94. The fourth-order valence-corrected chi connectivity index (χ4v) is 3.77. The summed E-state index contributed by atoms with van der Waals surface area (Å²) in [5, 5.41) is 0. The second-order valence-electron chi connectivity index (χ2n) is 7.55. The Morgan fingerprint density at radius 2 is 1.88 bits per heavy atom. The summed E-state index contributed by atoms with van der Waals surface area (Å²) in [6, 6.07) is 1.91. The highest BCUT2D eigenvalue weighted by Crippen LogP contribution is 2.32. The van der Waals surface area contributed by atoms with Gasteiger partial charge >= 0.3 is 6.18 Å². The maximum absolute atomic E-state index is 14.1. The van der Waals surface area contributed by atoms with E-state index in [-0.39, 0.29) is 5.92 Å². The second kappa shape index (κ2) is 10.9. The predicted octanol–water partition coefficient (Wildman–Crippen LogP) is 4.11. The van der Waals surface area contributed by atoms with Crippen LogP contribution in [0.15, 0.2) is 30.6 Å². The number of hydrogen-bond donors (Lipinski definition) is 0. The standard InChI is InChI=1S/C22H27F4N3O3/c1-2-31-13-14-32-12-11-28-10-7-27-20(28)16-5-8-29(9-6-16)21(30)18-15-17(22(24,25)26)3-4-19(18)23/h3-4,7,10,15-16H,2,5-6,8-9,11-14H2,1H3. The van der Waals surface area contributed by atoms with Gasteiger partial charge in [0.15, 0.2) is 0 Å². The molecule has 1 amide bonds. The van der Waals surface area contributed by atoms with Crippen LogP contribution in [0, 0.1) is 5.82 Å². The molecule has 0 spiro atoms. The zero-order valence-corrected chi connectivity index (χ0v) is 17.9. The molecule has 1 aromatic heterocycles. The molecule has 0 aliphatic carbocycles. The van der Waals surface area contributed by atoms with E-state index in [1.54, 1.807) is 6.20 Å². The minimum absolute atomic E-state index is 0.101. The Morgan fingerprint density at radius 3 is 2.56 bits per heavy atom. The average Bonchev–Trinajstić information content (AvgIpc) is 3.24. The smallest absolute Gasteiger partial charge is 0.379 e. The summed E-state index contributed by atoms with van der Waals surface area (Å²) >= 11 is 0. The number of amides is 1. The van der Waals surface area contributed by atoms with Crippen molar-refractivity contribution >= 4 is 5.91 Å². The number of rotatable bonds is 9. The number of ether oxygens (including phenoxy) is 2. The Morgan fingerprint density at radius 1 is 1.16 bits per heavy atom. The molecule has 0 atom stereocenters. The molecule has 2 heterocycles.